The van der Waals surface area contributed by atoms with Gasteiger partial charge in [0.15, 0.2) is 6.10 Å². The van der Waals surface area contributed by atoms with Crippen molar-refractivity contribution < 1.29 is 19.4 Å². The molecule has 1 N–H and O–H groups in total. The van der Waals surface area contributed by atoms with Crippen LogP contribution in [0.2, 0.25) is 0 Å². The topological polar surface area (TPSA) is 55.8 Å². The van der Waals surface area contributed by atoms with E-state index in [1.807, 2.05) is 6.08 Å². The zero-order chi connectivity index (χ0) is 17.1. The lowest BCUT2D eigenvalue weighted by atomic mass is 10.0. The smallest absolute Gasteiger partial charge is 0.339 e. The molecule has 1 saturated heterocycles. The third kappa shape index (κ3) is 6.64. The van der Waals surface area contributed by atoms with E-state index in [0.29, 0.717) is 5.57 Å². The molecule has 0 spiro atoms. The summed E-state index contributed by atoms with van der Waals surface area (Å²) in [4.78, 5) is 11.7. The second kappa shape index (κ2) is 10.8. The van der Waals surface area contributed by atoms with Crippen LogP contribution < -0.4 is 0 Å². The van der Waals surface area contributed by atoms with Gasteiger partial charge in [-0.1, -0.05) is 70.8 Å². The van der Waals surface area contributed by atoms with Crippen molar-refractivity contribution in [1.82, 2.24) is 0 Å². The van der Waals surface area contributed by atoms with Crippen molar-refractivity contribution >= 4 is 5.97 Å². The molecule has 0 aromatic heterocycles. The summed E-state index contributed by atoms with van der Waals surface area (Å²) < 4.78 is 10.2. The SMILES string of the molecule is CCCCCCCCCCCC/C=C1\C(=O)O[C@@](C)(OC)[C@@H]1O. The molecule has 0 aliphatic carbocycles. The molecule has 0 aromatic carbocycles. The van der Waals surface area contributed by atoms with E-state index >= 15 is 0 Å². The van der Waals surface area contributed by atoms with Crippen LogP contribution >= 0.6 is 0 Å². The fourth-order valence-corrected chi connectivity index (χ4v) is 2.93. The zero-order valence-corrected chi connectivity index (χ0v) is 15.1. The Kier molecular flexibility index (Phi) is 9.49. The normalized spacial score (nSPS) is 26.0. The first-order valence-electron chi connectivity index (χ1n) is 9.21. The van der Waals surface area contributed by atoms with Gasteiger partial charge in [0, 0.05) is 14.0 Å². The molecule has 2 atom stereocenters. The van der Waals surface area contributed by atoms with Crippen LogP contribution in [0.1, 0.15) is 84.5 Å². The summed E-state index contributed by atoms with van der Waals surface area (Å²) in [5.74, 6) is -1.70. The standard InChI is InChI=1S/C19H34O4/c1-4-5-6-7-8-9-10-11-12-13-14-15-16-17(20)19(2,22-3)23-18(16)21/h15,17,20H,4-14H2,1-3H3/b16-15-/t17-,19-/m1/s1. The predicted octanol–water partition coefficient (Wildman–Crippen LogP) is 4.50. The predicted molar refractivity (Wildman–Crippen MR) is 92.1 cm³/mol. The first kappa shape index (κ1) is 20.2. The number of methoxy groups -OCH3 is 1. The Balaban J connectivity index is 2.09. The van der Waals surface area contributed by atoms with Gasteiger partial charge in [-0.2, -0.15) is 0 Å². The second-order valence-electron chi connectivity index (χ2n) is 6.64. The quantitative estimate of drug-likeness (QED) is 0.326. The number of carbonyl (C=O) groups is 1. The van der Waals surface area contributed by atoms with Crippen molar-refractivity contribution in [1.29, 1.82) is 0 Å². The Hall–Kier alpha value is -0.870. The molecule has 1 aliphatic rings. The van der Waals surface area contributed by atoms with E-state index in [4.69, 9.17) is 9.47 Å². The molecule has 1 fully saturated rings. The van der Waals surface area contributed by atoms with Crippen LogP contribution in [0.15, 0.2) is 11.6 Å². The van der Waals surface area contributed by atoms with E-state index in [1.54, 1.807) is 6.92 Å². The number of aliphatic hydroxyl groups is 1. The van der Waals surface area contributed by atoms with Crippen LogP contribution in [0.3, 0.4) is 0 Å². The molecular formula is C19H34O4. The number of esters is 1. The van der Waals surface area contributed by atoms with Crippen molar-refractivity contribution in [2.75, 3.05) is 7.11 Å². The van der Waals surface area contributed by atoms with Gasteiger partial charge in [-0.15, -0.1) is 0 Å². The maximum atomic E-state index is 11.7. The van der Waals surface area contributed by atoms with E-state index in [1.165, 1.54) is 64.9 Å². The Bertz CT molecular complexity index is 378. The van der Waals surface area contributed by atoms with Crippen molar-refractivity contribution in [2.24, 2.45) is 0 Å². The minimum Gasteiger partial charge on any atom is -0.427 e. The molecule has 0 radical (unpaired) electrons. The molecule has 4 heteroatoms. The highest BCUT2D eigenvalue weighted by Crippen LogP contribution is 2.32. The summed E-state index contributed by atoms with van der Waals surface area (Å²) in [6.45, 7) is 3.83. The molecule has 134 valence electrons. The first-order chi connectivity index (χ1) is 11.0. The summed E-state index contributed by atoms with van der Waals surface area (Å²) >= 11 is 0. The number of rotatable bonds is 12. The van der Waals surface area contributed by atoms with Gasteiger partial charge in [0.05, 0.1) is 5.57 Å². The van der Waals surface area contributed by atoms with Crippen LogP contribution in [0.25, 0.3) is 0 Å². The molecular weight excluding hydrogens is 292 g/mol. The van der Waals surface area contributed by atoms with Crippen molar-refractivity contribution in [3.05, 3.63) is 11.6 Å². The number of hydrogen-bond acceptors (Lipinski definition) is 4. The van der Waals surface area contributed by atoms with Gasteiger partial charge < -0.3 is 14.6 Å². The summed E-state index contributed by atoms with van der Waals surface area (Å²) in [5.41, 5.74) is 0.338. The molecule has 4 nitrogen and oxygen atoms in total. The Morgan fingerprint density at radius 1 is 1.09 bits per heavy atom. The van der Waals surface area contributed by atoms with E-state index < -0.39 is 17.9 Å². The average Bonchev–Trinajstić information content (AvgIpc) is 2.76. The summed E-state index contributed by atoms with van der Waals surface area (Å²) in [6, 6.07) is 0. The fourth-order valence-electron chi connectivity index (χ4n) is 2.93. The van der Waals surface area contributed by atoms with Crippen LogP contribution in [0.5, 0.6) is 0 Å². The number of carbonyl (C=O) groups excluding carboxylic acids is 1. The Morgan fingerprint density at radius 2 is 1.61 bits per heavy atom. The molecule has 0 aromatic rings. The lowest BCUT2D eigenvalue weighted by Gasteiger charge is -2.23. The van der Waals surface area contributed by atoms with Gasteiger partial charge in [0.25, 0.3) is 0 Å². The first-order valence-corrected chi connectivity index (χ1v) is 9.21. The Labute approximate surface area is 141 Å². The Morgan fingerprint density at radius 3 is 2.09 bits per heavy atom. The molecule has 1 rings (SSSR count). The summed E-state index contributed by atoms with van der Waals surface area (Å²) in [6.07, 6.45) is 14.5. The minimum atomic E-state index is -1.24. The molecule has 0 bridgehead atoms. The number of allylic oxidation sites excluding steroid dienone is 1. The highest BCUT2D eigenvalue weighted by Gasteiger charge is 2.48. The fraction of sp³-hybridized carbons (Fsp3) is 0.842. The number of aliphatic hydroxyl groups excluding tert-OH is 1. The maximum absolute atomic E-state index is 11.7. The molecule has 1 heterocycles. The zero-order valence-electron chi connectivity index (χ0n) is 15.1. The van der Waals surface area contributed by atoms with Gasteiger partial charge in [-0.3, -0.25) is 0 Å². The monoisotopic (exact) mass is 326 g/mol. The second-order valence-corrected chi connectivity index (χ2v) is 6.64. The van der Waals surface area contributed by atoms with Crippen molar-refractivity contribution in [3.63, 3.8) is 0 Å². The number of unbranched alkanes of at least 4 members (excludes halogenated alkanes) is 10. The van der Waals surface area contributed by atoms with Gasteiger partial charge >= 0.3 is 5.97 Å². The van der Waals surface area contributed by atoms with Crippen molar-refractivity contribution in [3.8, 4) is 0 Å². The van der Waals surface area contributed by atoms with Gasteiger partial charge in [-0.05, 0) is 12.8 Å². The van der Waals surface area contributed by atoms with Gasteiger partial charge in [0.1, 0.15) is 0 Å². The van der Waals surface area contributed by atoms with Crippen LogP contribution in [-0.4, -0.2) is 30.1 Å². The van der Waals surface area contributed by atoms with Crippen molar-refractivity contribution in [2.45, 2.75) is 96.4 Å². The maximum Gasteiger partial charge on any atom is 0.339 e. The highest BCUT2D eigenvalue weighted by molar-refractivity contribution is 5.92. The third-order valence-corrected chi connectivity index (χ3v) is 4.65. The lowest BCUT2D eigenvalue weighted by Crippen LogP contribution is -2.38. The number of cyclic esters (lactones) is 1. The molecule has 0 amide bonds. The van der Waals surface area contributed by atoms with Gasteiger partial charge in [-0.25, -0.2) is 4.79 Å². The van der Waals surface area contributed by atoms with Crippen LogP contribution in [-0.2, 0) is 14.3 Å². The van der Waals surface area contributed by atoms with Crippen LogP contribution in [0.4, 0.5) is 0 Å². The molecule has 0 unspecified atom stereocenters. The molecule has 23 heavy (non-hydrogen) atoms. The van der Waals surface area contributed by atoms with Crippen LogP contribution in [0, 0.1) is 0 Å². The lowest BCUT2D eigenvalue weighted by molar-refractivity contribution is -0.218. The number of hydrogen-bond donors (Lipinski definition) is 1. The third-order valence-electron chi connectivity index (χ3n) is 4.65. The van der Waals surface area contributed by atoms with E-state index in [2.05, 4.69) is 6.92 Å². The van der Waals surface area contributed by atoms with E-state index in [-0.39, 0.29) is 0 Å². The number of ether oxygens (including phenoxy) is 2. The molecule has 0 saturated carbocycles. The van der Waals surface area contributed by atoms with E-state index in [0.717, 1.165) is 12.8 Å². The largest absolute Gasteiger partial charge is 0.427 e. The highest BCUT2D eigenvalue weighted by atomic mass is 16.7. The molecule has 1 aliphatic heterocycles. The summed E-state index contributed by atoms with van der Waals surface area (Å²) in [7, 11) is 1.43. The van der Waals surface area contributed by atoms with E-state index in [9.17, 15) is 9.90 Å². The van der Waals surface area contributed by atoms with Gasteiger partial charge in [0.2, 0.25) is 5.79 Å². The minimum absolute atomic E-state index is 0.338. The average molecular weight is 326 g/mol. The summed E-state index contributed by atoms with van der Waals surface area (Å²) in [5, 5.41) is 10.1.